The van der Waals surface area contributed by atoms with Crippen molar-refractivity contribution < 1.29 is 33.2 Å². The van der Waals surface area contributed by atoms with Crippen LogP contribution in [0.2, 0.25) is 0 Å². The van der Waals surface area contributed by atoms with Crippen molar-refractivity contribution in [2.24, 2.45) is 0 Å². The van der Waals surface area contributed by atoms with E-state index in [4.69, 9.17) is 23.3 Å². The van der Waals surface area contributed by atoms with Crippen LogP contribution in [-0.4, -0.2) is 43.9 Å². The minimum Gasteiger partial charge on any atom is -0.507 e. The number of carbonyl (C=O) groups is 1. The Labute approximate surface area is 200 Å². The number of esters is 1. The van der Waals surface area contributed by atoms with E-state index < -0.39 is 14.3 Å². The zero-order valence-electron chi connectivity index (χ0n) is 21.7. The van der Waals surface area contributed by atoms with Gasteiger partial charge in [0, 0.05) is 11.1 Å². The smallest absolute Gasteiger partial charge is 0.342 e. The summed E-state index contributed by atoms with van der Waals surface area (Å²) in [7, 11) is 0.522. The van der Waals surface area contributed by atoms with Crippen LogP contribution >= 0.6 is 8.38 Å². The van der Waals surface area contributed by atoms with Gasteiger partial charge >= 0.3 is 5.97 Å². The summed E-state index contributed by atoms with van der Waals surface area (Å²) in [6, 6.07) is 0. The summed E-state index contributed by atoms with van der Waals surface area (Å²) in [5, 5.41) is 10.7. The molecule has 1 aromatic rings. The quantitative estimate of drug-likeness (QED) is 0.208. The third-order valence-electron chi connectivity index (χ3n) is 5.24. The minimum absolute atomic E-state index is 0.0326. The van der Waals surface area contributed by atoms with Gasteiger partial charge < -0.3 is 28.4 Å². The molecule has 0 aromatic heterocycles. The number of hydrogen-bond donors (Lipinski definition) is 1. The lowest BCUT2D eigenvalue weighted by Crippen LogP contribution is -2.07. The van der Waals surface area contributed by atoms with Gasteiger partial charge in [0.15, 0.2) is 8.38 Å². The maximum absolute atomic E-state index is 12.1. The molecule has 1 aromatic carbocycles. The van der Waals surface area contributed by atoms with Crippen molar-refractivity contribution in [1.82, 2.24) is 0 Å². The van der Waals surface area contributed by atoms with Crippen LogP contribution in [-0.2, 0) is 31.5 Å². The number of ether oxygens (including phenoxy) is 3. The van der Waals surface area contributed by atoms with Gasteiger partial charge in [-0.2, -0.15) is 0 Å². The third kappa shape index (κ3) is 7.96. The first-order valence-corrected chi connectivity index (χ1v) is 13.0. The lowest BCUT2D eigenvalue weighted by molar-refractivity contribution is 0.0533. The highest BCUT2D eigenvalue weighted by atomic mass is 31.2. The summed E-state index contributed by atoms with van der Waals surface area (Å²) in [5.74, 6) is 0.102. The third-order valence-corrected chi connectivity index (χ3v) is 6.84. The number of aromatic hydroxyl groups is 1. The molecule has 1 heterocycles. The summed E-state index contributed by atoms with van der Waals surface area (Å²) >= 11 is 0. The first-order valence-electron chi connectivity index (χ1n) is 11.6. The van der Waals surface area contributed by atoms with Gasteiger partial charge in [0.05, 0.1) is 26.4 Å². The number of phenolic OH excluding ortho intramolecular Hbond substituents is 1. The van der Waals surface area contributed by atoms with E-state index in [2.05, 4.69) is 0 Å². The Kier molecular flexibility index (Phi) is 13.0. The van der Waals surface area contributed by atoms with Crippen LogP contribution in [0.4, 0.5) is 0 Å². The molecule has 0 radical (unpaired) electrons. The maximum atomic E-state index is 12.1. The second-order valence-corrected chi connectivity index (χ2v) is 9.25. The van der Waals surface area contributed by atoms with Crippen molar-refractivity contribution in [2.45, 2.75) is 80.9 Å². The molecule has 0 fully saturated rings. The Balaban J connectivity index is 0.00000265. The Morgan fingerprint density at radius 2 is 1.88 bits per heavy atom. The molecule has 33 heavy (non-hydrogen) atoms. The number of rotatable bonds is 12. The molecule has 1 aliphatic rings. The molecule has 1 aliphatic heterocycles. The van der Waals surface area contributed by atoms with Gasteiger partial charge in [0.1, 0.15) is 30.0 Å². The number of allylic oxidation sites excluding steroid dienone is 1. The Bertz CT molecular complexity index is 818. The lowest BCUT2D eigenvalue weighted by atomic mass is 9.93. The van der Waals surface area contributed by atoms with Gasteiger partial charge in [-0.3, -0.25) is 0 Å². The standard InChI is InChI=1S/C23H35O7P.C2H6/c1-8-29-31(30-14(2)3)13-27-11-16(5)15(4)9-10-18-21(24)20-19(12-28-23(20)25)17(6)22(18)26-7;1-2/h14,24H,8-13H2,1-7H3;1-2H3/b16-15+;. The number of carbonyl (C=O) groups excluding carboxylic acids is 1. The molecular weight excluding hydrogens is 443 g/mol. The summed E-state index contributed by atoms with van der Waals surface area (Å²) in [6.45, 7) is 17.1. The Morgan fingerprint density at radius 3 is 2.45 bits per heavy atom. The fourth-order valence-corrected chi connectivity index (χ4v) is 4.67. The van der Waals surface area contributed by atoms with Crippen molar-refractivity contribution in [3.05, 3.63) is 33.4 Å². The summed E-state index contributed by atoms with van der Waals surface area (Å²) in [6.07, 6.45) is 1.76. The Hall–Kier alpha value is -1.66. The second-order valence-electron chi connectivity index (χ2n) is 7.86. The molecule has 1 unspecified atom stereocenters. The van der Waals surface area contributed by atoms with Gasteiger partial charge in [0.25, 0.3) is 0 Å². The summed E-state index contributed by atoms with van der Waals surface area (Å²) < 4.78 is 27.9. The molecule has 188 valence electrons. The average molecular weight is 485 g/mol. The lowest BCUT2D eigenvalue weighted by Gasteiger charge is -2.19. The van der Waals surface area contributed by atoms with E-state index in [1.165, 1.54) is 0 Å². The average Bonchev–Trinajstić information content (AvgIpc) is 3.18. The topological polar surface area (TPSA) is 83.5 Å². The predicted octanol–water partition coefficient (Wildman–Crippen LogP) is 6.42. The van der Waals surface area contributed by atoms with Gasteiger partial charge in [-0.05, 0) is 65.5 Å². The molecule has 0 saturated carbocycles. The molecule has 7 nitrogen and oxygen atoms in total. The van der Waals surface area contributed by atoms with Crippen LogP contribution < -0.4 is 4.74 Å². The largest absolute Gasteiger partial charge is 0.507 e. The molecule has 0 spiro atoms. The van der Waals surface area contributed by atoms with E-state index in [9.17, 15) is 9.90 Å². The predicted molar refractivity (Wildman–Crippen MR) is 132 cm³/mol. The molecule has 2 rings (SSSR count). The van der Waals surface area contributed by atoms with Crippen molar-refractivity contribution in [3.8, 4) is 11.5 Å². The van der Waals surface area contributed by atoms with E-state index >= 15 is 0 Å². The van der Waals surface area contributed by atoms with Gasteiger partial charge in [-0.1, -0.05) is 19.4 Å². The number of benzene rings is 1. The molecule has 1 N–H and O–H groups in total. The van der Waals surface area contributed by atoms with E-state index in [1.807, 2.05) is 55.4 Å². The van der Waals surface area contributed by atoms with Crippen LogP contribution in [0.3, 0.4) is 0 Å². The van der Waals surface area contributed by atoms with E-state index in [1.54, 1.807) is 7.11 Å². The van der Waals surface area contributed by atoms with Gasteiger partial charge in [-0.25, -0.2) is 4.79 Å². The highest BCUT2D eigenvalue weighted by molar-refractivity contribution is 7.47. The first kappa shape index (κ1) is 29.4. The molecule has 0 amide bonds. The van der Waals surface area contributed by atoms with Crippen LogP contribution in [0.25, 0.3) is 0 Å². The second kappa shape index (κ2) is 14.6. The monoisotopic (exact) mass is 484 g/mol. The van der Waals surface area contributed by atoms with Crippen LogP contribution in [0.15, 0.2) is 11.1 Å². The van der Waals surface area contributed by atoms with Crippen LogP contribution in [0, 0.1) is 6.92 Å². The van der Waals surface area contributed by atoms with E-state index in [-0.39, 0.29) is 24.0 Å². The molecule has 0 aliphatic carbocycles. The van der Waals surface area contributed by atoms with Crippen molar-refractivity contribution in [1.29, 1.82) is 0 Å². The number of hydrogen-bond acceptors (Lipinski definition) is 7. The zero-order valence-corrected chi connectivity index (χ0v) is 22.6. The van der Waals surface area contributed by atoms with Gasteiger partial charge in [0.2, 0.25) is 0 Å². The number of cyclic esters (lactones) is 1. The molecule has 1 atom stereocenters. The Morgan fingerprint density at radius 1 is 1.21 bits per heavy atom. The summed E-state index contributed by atoms with van der Waals surface area (Å²) in [4.78, 5) is 12.1. The van der Waals surface area contributed by atoms with Gasteiger partial charge in [-0.15, -0.1) is 0 Å². The molecule has 8 heteroatoms. The SMILES string of the molecule is CC.CCOP(COC/C(C)=C(\C)CCc1c(O)c2c(c(C)c1OC)COC2=O)OC(C)C. The zero-order chi connectivity index (χ0) is 25.1. The van der Waals surface area contributed by atoms with E-state index in [0.29, 0.717) is 49.3 Å². The minimum atomic E-state index is -1.05. The molecule has 0 bridgehead atoms. The van der Waals surface area contributed by atoms with Crippen molar-refractivity contribution in [2.75, 3.05) is 26.7 Å². The molecular formula is C25H41O7P. The number of methoxy groups -OCH3 is 1. The molecule has 0 saturated heterocycles. The fourth-order valence-electron chi connectivity index (χ4n) is 3.47. The van der Waals surface area contributed by atoms with Crippen molar-refractivity contribution in [3.63, 3.8) is 0 Å². The normalized spacial score (nSPS) is 14.3. The number of fused-ring (bicyclic) bond motifs is 1. The highest BCUT2D eigenvalue weighted by Crippen LogP contribution is 2.42. The summed E-state index contributed by atoms with van der Waals surface area (Å²) in [5.41, 5.74) is 4.72. The maximum Gasteiger partial charge on any atom is 0.342 e. The van der Waals surface area contributed by atoms with E-state index in [0.717, 1.165) is 16.7 Å². The fraction of sp³-hybridized carbons (Fsp3) is 0.640. The van der Waals surface area contributed by atoms with Crippen LogP contribution in [0.1, 0.15) is 81.9 Å². The highest BCUT2D eigenvalue weighted by Gasteiger charge is 2.32. The first-order chi connectivity index (χ1) is 15.7. The van der Waals surface area contributed by atoms with Crippen molar-refractivity contribution >= 4 is 14.3 Å². The van der Waals surface area contributed by atoms with Crippen LogP contribution in [0.5, 0.6) is 11.5 Å². The number of phenols is 1.